The topological polar surface area (TPSA) is 65.9 Å². The molecule has 2 rings (SSSR count). The Bertz CT molecular complexity index is 538. The molecule has 1 aliphatic carbocycles. The molecule has 0 aromatic heterocycles. The maximum absolute atomic E-state index is 9.22. The summed E-state index contributed by atoms with van der Waals surface area (Å²) in [7, 11) is 0. The molecule has 0 radical (unpaired) electrons. The summed E-state index contributed by atoms with van der Waals surface area (Å²) in [5, 5.41) is 16.0. The molecule has 1 aliphatic rings. The van der Waals surface area contributed by atoms with Crippen molar-refractivity contribution in [1.82, 2.24) is 10.6 Å². The lowest BCUT2D eigenvalue weighted by molar-refractivity contribution is 0.119. The van der Waals surface area contributed by atoms with Gasteiger partial charge in [-0.2, -0.15) is 0 Å². The first-order valence-corrected chi connectivity index (χ1v) is 10.1. The van der Waals surface area contributed by atoms with Crippen LogP contribution >= 0.6 is 0 Å². The van der Waals surface area contributed by atoms with E-state index in [1.54, 1.807) is 0 Å². The fourth-order valence-corrected chi connectivity index (χ4v) is 3.10. The van der Waals surface area contributed by atoms with Crippen molar-refractivity contribution in [1.29, 1.82) is 0 Å². The number of para-hydroxylation sites is 1. The Labute approximate surface area is 158 Å². The molecule has 146 valence electrons. The molecule has 1 atom stereocenters. The quantitative estimate of drug-likeness (QED) is 0.417. The molecular formula is C21H35N3O2. The first-order valence-electron chi connectivity index (χ1n) is 10.1. The zero-order chi connectivity index (χ0) is 18.6. The predicted molar refractivity (Wildman–Crippen MR) is 108 cm³/mol. The van der Waals surface area contributed by atoms with Gasteiger partial charge in [0.2, 0.25) is 0 Å². The summed E-state index contributed by atoms with van der Waals surface area (Å²) < 4.78 is 6.10. The molecule has 3 N–H and O–H groups in total. The Morgan fingerprint density at radius 3 is 2.69 bits per heavy atom. The van der Waals surface area contributed by atoms with Gasteiger partial charge in [0.1, 0.15) is 5.75 Å². The average Bonchev–Trinajstić information content (AvgIpc) is 2.61. The molecule has 5 nitrogen and oxygen atoms in total. The number of rotatable bonds is 11. The SMILES string of the molecule is CCCC(CCO)CNC(=NCc1ccccc1OC1CCC1)NCC. The third kappa shape index (κ3) is 6.87. The van der Waals surface area contributed by atoms with Crippen LogP contribution in [-0.2, 0) is 6.54 Å². The number of hydrogen-bond acceptors (Lipinski definition) is 3. The lowest BCUT2D eigenvalue weighted by Gasteiger charge is -2.27. The number of hydrogen-bond donors (Lipinski definition) is 3. The van der Waals surface area contributed by atoms with E-state index in [0.717, 1.165) is 62.5 Å². The average molecular weight is 362 g/mol. The predicted octanol–water partition coefficient (Wildman–Crippen LogP) is 3.47. The molecule has 0 amide bonds. The molecule has 0 bridgehead atoms. The van der Waals surface area contributed by atoms with Crippen LogP contribution in [0.4, 0.5) is 0 Å². The van der Waals surface area contributed by atoms with E-state index in [1.165, 1.54) is 6.42 Å². The molecule has 0 spiro atoms. The molecule has 0 aliphatic heterocycles. The van der Waals surface area contributed by atoms with E-state index < -0.39 is 0 Å². The van der Waals surface area contributed by atoms with Gasteiger partial charge in [0.25, 0.3) is 0 Å². The minimum Gasteiger partial charge on any atom is -0.490 e. The summed E-state index contributed by atoms with van der Waals surface area (Å²) in [5.41, 5.74) is 1.12. The van der Waals surface area contributed by atoms with Crippen LogP contribution in [0.15, 0.2) is 29.3 Å². The van der Waals surface area contributed by atoms with Crippen molar-refractivity contribution in [2.75, 3.05) is 19.7 Å². The van der Waals surface area contributed by atoms with Crippen LogP contribution in [-0.4, -0.2) is 36.9 Å². The van der Waals surface area contributed by atoms with Crippen molar-refractivity contribution in [3.05, 3.63) is 29.8 Å². The maximum Gasteiger partial charge on any atom is 0.191 e. The Morgan fingerprint density at radius 1 is 1.23 bits per heavy atom. The molecule has 0 saturated heterocycles. The van der Waals surface area contributed by atoms with E-state index in [0.29, 0.717) is 18.6 Å². The second-order valence-electron chi connectivity index (χ2n) is 7.02. The van der Waals surface area contributed by atoms with E-state index in [2.05, 4.69) is 30.5 Å². The molecule has 5 heteroatoms. The Balaban J connectivity index is 1.95. The van der Waals surface area contributed by atoms with Crippen LogP contribution in [0.5, 0.6) is 5.75 Å². The minimum atomic E-state index is 0.242. The molecule has 26 heavy (non-hydrogen) atoms. The number of aliphatic imine (C=N–C) groups is 1. The van der Waals surface area contributed by atoms with Crippen LogP contribution in [0.2, 0.25) is 0 Å². The molecule has 0 heterocycles. The number of benzene rings is 1. The molecule has 1 fully saturated rings. The molecule has 1 unspecified atom stereocenters. The second-order valence-corrected chi connectivity index (χ2v) is 7.02. The van der Waals surface area contributed by atoms with Crippen molar-refractivity contribution >= 4 is 5.96 Å². The van der Waals surface area contributed by atoms with Crippen LogP contribution in [0.3, 0.4) is 0 Å². The lowest BCUT2D eigenvalue weighted by Crippen LogP contribution is -2.40. The Hall–Kier alpha value is -1.75. The van der Waals surface area contributed by atoms with Gasteiger partial charge in [-0.15, -0.1) is 0 Å². The number of aliphatic hydroxyl groups excluding tert-OH is 1. The fraction of sp³-hybridized carbons (Fsp3) is 0.667. The summed E-state index contributed by atoms with van der Waals surface area (Å²) in [6, 6.07) is 8.20. The second kappa shape index (κ2) is 11.8. The van der Waals surface area contributed by atoms with Crippen molar-refractivity contribution < 1.29 is 9.84 Å². The maximum atomic E-state index is 9.22. The Morgan fingerprint density at radius 2 is 2.04 bits per heavy atom. The normalized spacial score (nSPS) is 16.0. The summed E-state index contributed by atoms with van der Waals surface area (Å²) in [4.78, 5) is 4.74. The summed E-state index contributed by atoms with van der Waals surface area (Å²) in [5.74, 6) is 2.26. The molecule has 1 aromatic rings. The van der Waals surface area contributed by atoms with E-state index >= 15 is 0 Å². The summed E-state index contributed by atoms with van der Waals surface area (Å²) >= 11 is 0. The number of aliphatic hydroxyl groups is 1. The standard InChI is InChI=1S/C21H35N3O2/c1-3-8-17(13-14-25)15-23-21(22-4-2)24-16-18-9-5-6-12-20(18)26-19-10-7-11-19/h5-6,9,12,17,19,25H,3-4,7-8,10-11,13-16H2,1-2H3,(H2,22,23,24). The van der Waals surface area contributed by atoms with E-state index in [-0.39, 0.29) is 6.61 Å². The first-order chi connectivity index (χ1) is 12.8. The van der Waals surface area contributed by atoms with Gasteiger partial charge < -0.3 is 20.5 Å². The smallest absolute Gasteiger partial charge is 0.191 e. The number of ether oxygens (including phenoxy) is 1. The van der Waals surface area contributed by atoms with Crippen molar-refractivity contribution in [2.24, 2.45) is 10.9 Å². The van der Waals surface area contributed by atoms with Crippen LogP contribution in [0.1, 0.15) is 57.9 Å². The number of nitrogens with zero attached hydrogens (tertiary/aromatic N) is 1. The van der Waals surface area contributed by atoms with Gasteiger partial charge >= 0.3 is 0 Å². The monoisotopic (exact) mass is 361 g/mol. The lowest BCUT2D eigenvalue weighted by atomic mass is 9.96. The van der Waals surface area contributed by atoms with Crippen LogP contribution in [0, 0.1) is 5.92 Å². The van der Waals surface area contributed by atoms with Gasteiger partial charge in [-0.25, -0.2) is 4.99 Å². The van der Waals surface area contributed by atoms with E-state index in [4.69, 9.17) is 9.73 Å². The number of guanidine groups is 1. The van der Waals surface area contributed by atoms with Crippen molar-refractivity contribution in [3.8, 4) is 5.75 Å². The summed E-state index contributed by atoms with van der Waals surface area (Å²) in [6.07, 6.45) is 7.04. The van der Waals surface area contributed by atoms with E-state index in [9.17, 15) is 5.11 Å². The Kier molecular flexibility index (Phi) is 9.32. The van der Waals surface area contributed by atoms with Crippen molar-refractivity contribution in [2.45, 2.75) is 65.0 Å². The van der Waals surface area contributed by atoms with Gasteiger partial charge in [-0.1, -0.05) is 31.5 Å². The molecular weight excluding hydrogens is 326 g/mol. The number of nitrogens with one attached hydrogen (secondary N) is 2. The van der Waals surface area contributed by atoms with E-state index in [1.807, 2.05) is 18.2 Å². The fourth-order valence-electron chi connectivity index (χ4n) is 3.10. The van der Waals surface area contributed by atoms with Crippen molar-refractivity contribution in [3.63, 3.8) is 0 Å². The largest absolute Gasteiger partial charge is 0.490 e. The minimum absolute atomic E-state index is 0.242. The zero-order valence-corrected chi connectivity index (χ0v) is 16.3. The molecule has 1 saturated carbocycles. The highest BCUT2D eigenvalue weighted by Gasteiger charge is 2.20. The highest BCUT2D eigenvalue weighted by atomic mass is 16.5. The van der Waals surface area contributed by atoms with Crippen LogP contribution in [0.25, 0.3) is 0 Å². The third-order valence-corrected chi connectivity index (χ3v) is 4.86. The summed E-state index contributed by atoms with van der Waals surface area (Å²) in [6.45, 7) is 6.75. The van der Waals surface area contributed by atoms with Crippen LogP contribution < -0.4 is 15.4 Å². The molecule has 1 aromatic carbocycles. The van der Waals surface area contributed by atoms with Gasteiger partial charge in [-0.05, 0) is 51.0 Å². The highest BCUT2D eigenvalue weighted by Crippen LogP contribution is 2.27. The first kappa shape index (κ1) is 20.6. The van der Waals surface area contributed by atoms with Gasteiger partial charge in [0.05, 0.1) is 12.6 Å². The van der Waals surface area contributed by atoms with Gasteiger partial charge in [-0.3, -0.25) is 0 Å². The third-order valence-electron chi connectivity index (χ3n) is 4.86. The van der Waals surface area contributed by atoms with Gasteiger partial charge in [0.15, 0.2) is 5.96 Å². The highest BCUT2D eigenvalue weighted by molar-refractivity contribution is 5.79. The van der Waals surface area contributed by atoms with Gasteiger partial charge in [0, 0.05) is 25.3 Å². The zero-order valence-electron chi connectivity index (χ0n) is 16.3.